The highest BCUT2D eigenvalue weighted by molar-refractivity contribution is 7.98. The Morgan fingerprint density at radius 3 is 3.04 bits per heavy atom. The summed E-state index contributed by atoms with van der Waals surface area (Å²) < 4.78 is 3.81. The monoisotopic (exact) mass is 347 g/mol. The Kier molecular flexibility index (Phi) is 3.94. The van der Waals surface area contributed by atoms with Crippen LogP contribution in [-0.4, -0.2) is 24.1 Å². The van der Waals surface area contributed by atoms with Crippen molar-refractivity contribution in [2.45, 2.75) is 49.6 Å². The van der Waals surface area contributed by atoms with Crippen molar-refractivity contribution in [2.75, 3.05) is 0 Å². The average molecular weight is 347 g/mol. The molecule has 0 bridgehead atoms. The van der Waals surface area contributed by atoms with E-state index < -0.39 is 0 Å². The molecule has 0 saturated heterocycles. The van der Waals surface area contributed by atoms with Crippen molar-refractivity contribution in [3.63, 3.8) is 0 Å². The zero-order valence-corrected chi connectivity index (χ0v) is 14.4. The highest BCUT2D eigenvalue weighted by atomic mass is 32.2. The van der Waals surface area contributed by atoms with E-state index in [2.05, 4.69) is 26.7 Å². The summed E-state index contributed by atoms with van der Waals surface area (Å²) in [5, 5.41) is 11.5. The maximum atomic E-state index is 12.0. The van der Waals surface area contributed by atoms with E-state index in [1.54, 1.807) is 28.4 Å². The van der Waals surface area contributed by atoms with Crippen molar-refractivity contribution >= 4 is 28.1 Å². The van der Waals surface area contributed by atoms with Crippen LogP contribution in [0.2, 0.25) is 0 Å². The van der Waals surface area contributed by atoms with Gasteiger partial charge in [-0.2, -0.15) is 0 Å². The quantitative estimate of drug-likeness (QED) is 0.642. The Bertz CT molecular complexity index is 893. The van der Waals surface area contributed by atoms with Crippen LogP contribution >= 0.6 is 23.1 Å². The molecule has 23 heavy (non-hydrogen) atoms. The lowest BCUT2D eigenvalue weighted by atomic mass is 10.4. The number of rotatable bonds is 6. The normalized spacial score (nSPS) is 14.7. The number of thioether (sulfide) groups is 1. The van der Waals surface area contributed by atoms with Gasteiger partial charge in [-0.3, -0.25) is 9.20 Å². The molecule has 0 radical (unpaired) electrons. The summed E-state index contributed by atoms with van der Waals surface area (Å²) >= 11 is 3.08. The first-order chi connectivity index (χ1) is 11.3. The second-order valence-corrected chi connectivity index (χ2v) is 7.51. The van der Waals surface area contributed by atoms with Crippen LogP contribution in [0.15, 0.2) is 27.6 Å². The van der Waals surface area contributed by atoms with Crippen LogP contribution in [0.5, 0.6) is 0 Å². The van der Waals surface area contributed by atoms with E-state index in [0.29, 0.717) is 11.7 Å². The zero-order chi connectivity index (χ0) is 15.8. The van der Waals surface area contributed by atoms with Gasteiger partial charge in [0.15, 0.2) is 10.1 Å². The van der Waals surface area contributed by atoms with E-state index in [1.165, 1.54) is 24.2 Å². The van der Waals surface area contributed by atoms with E-state index in [0.717, 1.165) is 34.6 Å². The molecule has 1 aliphatic rings. The third kappa shape index (κ3) is 2.92. The topological polar surface area (TPSA) is 65.1 Å². The van der Waals surface area contributed by atoms with Crippen molar-refractivity contribution in [3.05, 3.63) is 39.5 Å². The lowest BCUT2D eigenvalue weighted by Gasteiger charge is -2.07. The Balaban J connectivity index is 1.57. The molecule has 0 unspecified atom stereocenters. The van der Waals surface area contributed by atoms with Crippen LogP contribution in [0.4, 0.5) is 0 Å². The van der Waals surface area contributed by atoms with Crippen LogP contribution in [0.3, 0.4) is 0 Å². The Hall–Kier alpha value is -1.67. The Morgan fingerprint density at radius 2 is 2.26 bits per heavy atom. The van der Waals surface area contributed by atoms with Crippen LogP contribution in [0.25, 0.3) is 4.96 Å². The predicted octanol–water partition coefficient (Wildman–Crippen LogP) is 2.93. The summed E-state index contributed by atoms with van der Waals surface area (Å²) in [6.45, 7) is 3.11. The fourth-order valence-corrected chi connectivity index (χ4v) is 4.19. The summed E-state index contributed by atoms with van der Waals surface area (Å²) in [5.41, 5.74) is 0.766. The third-order valence-electron chi connectivity index (χ3n) is 3.84. The van der Waals surface area contributed by atoms with Crippen LogP contribution in [0, 0.1) is 0 Å². The minimum Gasteiger partial charge on any atom is -0.306 e. The van der Waals surface area contributed by atoms with Crippen LogP contribution in [0.1, 0.15) is 43.6 Å². The molecule has 1 fully saturated rings. The number of hydrogen-bond acceptors (Lipinski definition) is 6. The molecule has 8 heteroatoms. The molecule has 0 atom stereocenters. The molecule has 1 aliphatic carbocycles. The lowest BCUT2D eigenvalue weighted by molar-refractivity contribution is 0.592. The summed E-state index contributed by atoms with van der Waals surface area (Å²) in [4.78, 5) is 17.3. The van der Waals surface area contributed by atoms with E-state index in [1.807, 2.05) is 5.38 Å². The number of fused-ring (bicyclic) bond motifs is 1. The van der Waals surface area contributed by atoms with Gasteiger partial charge in [-0.1, -0.05) is 18.7 Å². The van der Waals surface area contributed by atoms with Gasteiger partial charge in [-0.25, -0.2) is 4.98 Å². The molecule has 6 nitrogen and oxygen atoms in total. The first kappa shape index (κ1) is 14.9. The maximum absolute atomic E-state index is 12.0. The van der Waals surface area contributed by atoms with Gasteiger partial charge in [0.1, 0.15) is 5.82 Å². The maximum Gasteiger partial charge on any atom is 0.258 e. The van der Waals surface area contributed by atoms with Gasteiger partial charge in [0.2, 0.25) is 0 Å². The summed E-state index contributed by atoms with van der Waals surface area (Å²) in [7, 11) is 0. The molecule has 120 valence electrons. The molecule has 1 saturated carbocycles. The predicted molar refractivity (Wildman–Crippen MR) is 91.2 cm³/mol. The summed E-state index contributed by atoms with van der Waals surface area (Å²) in [6, 6.07) is 1.61. The van der Waals surface area contributed by atoms with E-state index >= 15 is 0 Å². The first-order valence-corrected chi connectivity index (χ1v) is 9.64. The number of thiazole rings is 1. The van der Waals surface area contributed by atoms with E-state index in [4.69, 9.17) is 0 Å². The first-order valence-electron chi connectivity index (χ1n) is 7.78. The Labute approximate surface area is 141 Å². The van der Waals surface area contributed by atoms with Crippen molar-refractivity contribution in [3.8, 4) is 0 Å². The summed E-state index contributed by atoms with van der Waals surface area (Å²) in [6.07, 6.45) is 5.26. The number of hydrogen-bond donors (Lipinski definition) is 0. The molecule has 0 amide bonds. The highest BCUT2D eigenvalue weighted by Gasteiger charge is 2.30. The minimum atomic E-state index is -0.0273. The molecule has 0 aliphatic heterocycles. The second kappa shape index (κ2) is 6.09. The molecular weight excluding hydrogens is 330 g/mol. The van der Waals surface area contributed by atoms with E-state index in [9.17, 15) is 4.79 Å². The summed E-state index contributed by atoms with van der Waals surface area (Å²) in [5.74, 6) is 2.35. The van der Waals surface area contributed by atoms with Gasteiger partial charge < -0.3 is 4.57 Å². The zero-order valence-electron chi connectivity index (χ0n) is 12.8. The van der Waals surface area contributed by atoms with Crippen molar-refractivity contribution in [1.29, 1.82) is 0 Å². The third-order valence-corrected chi connectivity index (χ3v) is 5.60. The smallest absolute Gasteiger partial charge is 0.258 e. The minimum absolute atomic E-state index is 0.0273. The average Bonchev–Trinajstić information content (AvgIpc) is 3.13. The number of nitrogens with zero attached hydrogens (tertiary/aromatic N) is 5. The molecular formula is C15H17N5OS2. The van der Waals surface area contributed by atoms with Gasteiger partial charge >= 0.3 is 0 Å². The second-order valence-electron chi connectivity index (χ2n) is 5.70. The van der Waals surface area contributed by atoms with Crippen molar-refractivity contribution < 1.29 is 0 Å². The van der Waals surface area contributed by atoms with Crippen LogP contribution in [-0.2, 0) is 12.3 Å². The van der Waals surface area contributed by atoms with Crippen molar-refractivity contribution in [2.24, 2.45) is 0 Å². The van der Waals surface area contributed by atoms with Gasteiger partial charge in [0, 0.05) is 35.9 Å². The molecule has 3 aromatic rings. The molecule has 3 aromatic heterocycles. The fraction of sp³-hybridized carbons (Fsp3) is 0.467. The molecule has 0 aromatic carbocycles. The van der Waals surface area contributed by atoms with Gasteiger partial charge in [0.25, 0.3) is 5.56 Å². The Morgan fingerprint density at radius 1 is 1.39 bits per heavy atom. The van der Waals surface area contributed by atoms with E-state index in [-0.39, 0.29) is 5.56 Å². The highest BCUT2D eigenvalue weighted by Crippen LogP contribution is 2.40. The number of aromatic nitrogens is 5. The molecule has 4 rings (SSSR count). The van der Waals surface area contributed by atoms with Crippen LogP contribution < -0.4 is 5.56 Å². The van der Waals surface area contributed by atoms with Gasteiger partial charge in [0.05, 0.1) is 5.69 Å². The van der Waals surface area contributed by atoms with Gasteiger partial charge in [-0.05, 0) is 19.3 Å². The molecule has 0 spiro atoms. The van der Waals surface area contributed by atoms with Crippen molar-refractivity contribution in [1.82, 2.24) is 24.1 Å². The largest absolute Gasteiger partial charge is 0.306 e. The SMILES string of the molecule is CCCn1c(SCc2cc(=O)n3ccsc3n2)nnc1C1CC1. The molecule has 3 heterocycles. The standard InChI is InChI=1S/C15H17N5OS2/c1-2-5-20-13(10-3-4-10)17-18-15(20)23-9-11-8-12(21)19-6-7-22-14(19)16-11/h6-8,10H,2-5,9H2,1H3. The lowest BCUT2D eigenvalue weighted by Crippen LogP contribution is -2.12. The van der Waals surface area contributed by atoms with Gasteiger partial charge in [-0.15, -0.1) is 21.5 Å². The molecule has 0 N–H and O–H groups in total. The fourth-order valence-electron chi connectivity index (χ4n) is 2.58.